The fourth-order valence-corrected chi connectivity index (χ4v) is 2.39. The molecule has 3 nitrogen and oxygen atoms in total. The fraction of sp³-hybridized carbons (Fsp3) is 0.333. The molecule has 0 saturated carbocycles. The van der Waals surface area contributed by atoms with Gasteiger partial charge in [0.15, 0.2) is 0 Å². The first-order chi connectivity index (χ1) is 8.93. The van der Waals surface area contributed by atoms with Gasteiger partial charge in [0, 0.05) is 10.9 Å². The molecule has 3 N–H and O–H groups in total. The number of ether oxygens (including phenoxy) is 1. The first kappa shape index (κ1) is 14.4. The lowest BCUT2D eigenvalue weighted by Crippen LogP contribution is -2.30. The predicted octanol–water partition coefficient (Wildman–Crippen LogP) is 3.28. The second-order valence-corrected chi connectivity index (χ2v) is 4.93. The fourth-order valence-electron chi connectivity index (χ4n) is 1.92. The molecule has 1 aromatic carbocycles. The molecule has 0 fully saturated rings. The van der Waals surface area contributed by atoms with Crippen molar-refractivity contribution in [3.8, 4) is 0 Å². The molecule has 0 aromatic heterocycles. The van der Waals surface area contributed by atoms with Crippen molar-refractivity contribution >= 4 is 15.9 Å². The van der Waals surface area contributed by atoms with E-state index in [1.54, 1.807) is 6.07 Å². The lowest BCUT2D eigenvalue weighted by Gasteiger charge is -2.19. The van der Waals surface area contributed by atoms with Crippen LogP contribution in [0.5, 0.6) is 0 Å². The summed E-state index contributed by atoms with van der Waals surface area (Å²) >= 11 is 2.90. The molecule has 19 heavy (non-hydrogen) atoms. The van der Waals surface area contributed by atoms with E-state index in [9.17, 15) is 13.2 Å². The van der Waals surface area contributed by atoms with Crippen LogP contribution in [0.15, 0.2) is 34.5 Å². The highest BCUT2D eigenvalue weighted by Gasteiger charge is 2.34. The summed E-state index contributed by atoms with van der Waals surface area (Å²) < 4.78 is 43.9. The molecule has 1 atom stereocenters. The highest BCUT2D eigenvalue weighted by atomic mass is 79.9. The number of rotatable bonds is 3. The standard InChI is InChI=1S/C12H12BrF3N2O/c13-9-4-3-7(6-8(9)12(14,15)16)11(18-17)10-2-1-5-19-10/h2-4,6,11,18H,1,5,17H2. The normalized spacial score (nSPS) is 17.0. The van der Waals surface area contributed by atoms with Crippen LogP contribution in [-0.4, -0.2) is 6.61 Å². The van der Waals surface area contributed by atoms with E-state index in [4.69, 9.17) is 10.6 Å². The maximum absolute atomic E-state index is 12.8. The first-order valence-electron chi connectivity index (χ1n) is 5.59. The number of halogens is 4. The summed E-state index contributed by atoms with van der Waals surface area (Å²) in [7, 11) is 0. The van der Waals surface area contributed by atoms with Gasteiger partial charge in [-0.1, -0.05) is 22.0 Å². The highest BCUT2D eigenvalue weighted by Crippen LogP contribution is 2.37. The van der Waals surface area contributed by atoms with E-state index in [1.807, 2.05) is 6.08 Å². The minimum Gasteiger partial charge on any atom is -0.496 e. The van der Waals surface area contributed by atoms with Gasteiger partial charge in [-0.15, -0.1) is 0 Å². The third-order valence-electron chi connectivity index (χ3n) is 2.81. The van der Waals surface area contributed by atoms with E-state index in [1.165, 1.54) is 6.07 Å². The van der Waals surface area contributed by atoms with Crippen molar-refractivity contribution in [3.05, 3.63) is 45.6 Å². The molecule has 0 bridgehead atoms. The van der Waals surface area contributed by atoms with Crippen molar-refractivity contribution in [2.24, 2.45) is 5.84 Å². The average molecular weight is 337 g/mol. The highest BCUT2D eigenvalue weighted by molar-refractivity contribution is 9.10. The molecule has 0 aliphatic carbocycles. The van der Waals surface area contributed by atoms with Gasteiger partial charge >= 0.3 is 6.18 Å². The Kier molecular flexibility index (Phi) is 4.17. The Hall–Kier alpha value is -1.05. The SMILES string of the molecule is NNC(C1=CCCO1)c1ccc(Br)c(C(F)(F)F)c1. The number of hydrazine groups is 1. The Balaban J connectivity index is 2.39. The zero-order valence-electron chi connectivity index (χ0n) is 9.80. The second kappa shape index (κ2) is 5.52. The Bertz CT molecular complexity index is 502. The quantitative estimate of drug-likeness (QED) is 0.657. The molecular formula is C12H12BrF3N2O. The lowest BCUT2D eigenvalue weighted by molar-refractivity contribution is -0.138. The van der Waals surface area contributed by atoms with Crippen LogP contribution in [0.4, 0.5) is 13.2 Å². The van der Waals surface area contributed by atoms with Crippen molar-refractivity contribution in [2.45, 2.75) is 18.6 Å². The van der Waals surface area contributed by atoms with Gasteiger partial charge in [-0.2, -0.15) is 13.2 Å². The van der Waals surface area contributed by atoms with E-state index in [2.05, 4.69) is 21.4 Å². The van der Waals surface area contributed by atoms with Crippen molar-refractivity contribution in [2.75, 3.05) is 6.61 Å². The molecule has 2 rings (SSSR count). The third kappa shape index (κ3) is 3.10. The number of benzene rings is 1. The molecule has 7 heteroatoms. The van der Waals surface area contributed by atoms with E-state index < -0.39 is 17.8 Å². The van der Waals surface area contributed by atoms with Gasteiger partial charge in [-0.05, 0) is 23.8 Å². The molecule has 1 aromatic rings. The topological polar surface area (TPSA) is 47.3 Å². The van der Waals surface area contributed by atoms with Gasteiger partial charge < -0.3 is 4.74 Å². The second-order valence-electron chi connectivity index (χ2n) is 4.08. The van der Waals surface area contributed by atoms with E-state index >= 15 is 0 Å². The van der Waals surface area contributed by atoms with Crippen LogP contribution in [0.1, 0.15) is 23.6 Å². The summed E-state index contributed by atoms with van der Waals surface area (Å²) in [5, 5.41) is 0. The minimum atomic E-state index is -4.42. The summed E-state index contributed by atoms with van der Waals surface area (Å²) in [6, 6.07) is 3.43. The van der Waals surface area contributed by atoms with Crippen molar-refractivity contribution in [1.82, 2.24) is 5.43 Å². The van der Waals surface area contributed by atoms with Crippen LogP contribution < -0.4 is 11.3 Å². The maximum atomic E-state index is 12.8. The van der Waals surface area contributed by atoms with Gasteiger partial charge in [-0.25, -0.2) is 5.43 Å². The Morgan fingerprint density at radius 1 is 1.37 bits per heavy atom. The van der Waals surface area contributed by atoms with Crippen LogP contribution in [0, 0.1) is 0 Å². The average Bonchev–Trinajstić information content (AvgIpc) is 2.84. The summed E-state index contributed by atoms with van der Waals surface area (Å²) in [6.45, 7) is 0.524. The molecule has 0 spiro atoms. The van der Waals surface area contributed by atoms with Gasteiger partial charge in [0.05, 0.1) is 12.2 Å². The zero-order valence-corrected chi connectivity index (χ0v) is 11.4. The molecule has 1 aliphatic heterocycles. The van der Waals surface area contributed by atoms with Crippen LogP contribution in [0.3, 0.4) is 0 Å². The van der Waals surface area contributed by atoms with Gasteiger partial charge in [0.1, 0.15) is 11.8 Å². The Morgan fingerprint density at radius 3 is 2.63 bits per heavy atom. The van der Waals surface area contributed by atoms with Crippen LogP contribution in [0.2, 0.25) is 0 Å². The zero-order chi connectivity index (χ0) is 14.0. The van der Waals surface area contributed by atoms with Crippen molar-refractivity contribution < 1.29 is 17.9 Å². The number of hydrogen-bond donors (Lipinski definition) is 2. The first-order valence-corrected chi connectivity index (χ1v) is 6.38. The lowest BCUT2D eigenvalue weighted by atomic mass is 10.0. The van der Waals surface area contributed by atoms with Gasteiger partial charge in [0.2, 0.25) is 0 Å². The van der Waals surface area contributed by atoms with Crippen LogP contribution in [-0.2, 0) is 10.9 Å². The molecule has 1 aliphatic rings. The summed E-state index contributed by atoms with van der Waals surface area (Å²) in [6.07, 6.45) is -1.87. The van der Waals surface area contributed by atoms with Crippen LogP contribution in [0.25, 0.3) is 0 Å². The Labute approximate surface area is 116 Å². The van der Waals surface area contributed by atoms with Gasteiger partial charge in [-0.3, -0.25) is 5.84 Å². The number of nitrogens with two attached hydrogens (primary N) is 1. The minimum absolute atomic E-state index is 0.000779. The Morgan fingerprint density at radius 2 is 2.11 bits per heavy atom. The number of hydrogen-bond acceptors (Lipinski definition) is 3. The van der Waals surface area contributed by atoms with Crippen molar-refractivity contribution in [3.63, 3.8) is 0 Å². The number of nitrogens with one attached hydrogen (secondary N) is 1. The largest absolute Gasteiger partial charge is 0.496 e. The summed E-state index contributed by atoms with van der Waals surface area (Å²) in [4.78, 5) is 0. The smallest absolute Gasteiger partial charge is 0.417 e. The molecule has 104 valence electrons. The predicted molar refractivity (Wildman–Crippen MR) is 67.9 cm³/mol. The molecule has 0 radical (unpaired) electrons. The van der Waals surface area contributed by atoms with Crippen LogP contribution >= 0.6 is 15.9 Å². The van der Waals surface area contributed by atoms with Crippen molar-refractivity contribution in [1.29, 1.82) is 0 Å². The van der Waals surface area contributed by atoms with E-state index in [-0.39, 0.29) is 4.47 Å². The molecule has 0 saturated heterocycles. The summed E-state index contributed by atoms with van der Waals surface area (Å²) in [5.74, 6) is 5.97. The molecular weight excluding hydrogens is 325 g/mol. The monoisotopic (exact) mass is 336 g/mol. The molecule has 1 unspecified atom stereocenters. The van der Waals surface area contributed by atoms with E-state index in [0.29, 0.717) is 17.9 Å². The molecule has 1 heterocycles. The number of alkyl halides is 3. The van der Waals surface area contributed by atoms with Gasteiger partial charge in [0.25, 0.3) is 0 Å². The summed E-state index contributed by atoms with van der Waals surface area (Å²) in [5.41, 5.74) is 2.16. The maximum Gasteiger partial charge on any atom is 0.417 e. The van der Waals surface area contributed by atoms with E-state index in [0.717, 1.165) is 12.5 Å². The third-order valence-corrected chi connectivity index (χ3v) is 3.50. The molecule has 0 amide bonds.